The van der Waals surface area contributed by atoms with Crippen LogP contribution in [0.2, 0.25) is 0 Å². The number of amides is 1. The summed E-state index contributed by atoms with van der Waals surface area (Å²) < 4.78 is 2.23. The van der Waals surface area contributed by atoms with Crippen LogP contribution in [-0.2, 0) is 16.9 Å². The molecule has 0 bridgehead atoms. The highest BCUT2D eigenvalue weighted by molar-refractivity contribution is 7.99. The molecule has 2 N–H and O–H groups in total. The van der Waals surface area contributed by atoms with E-state index in [0.29, 0.717) is 13.0 Å². The molecule has 1 aromatic carbocycles. The summed E-state index contributed by atoms with van der Waals surface area (Å²) in [4.78, 5) is 20.4. The molecule has 2 aromatic heterocycles. The Hall–Kier alpha value is -2.21. The van der Waals surface area contributed by atoms with E-state index in [0.717, 1.165) is 41.2 Å². The second-order valence-corrected chi connectivity index (χ2v) is 7.81. The Balaban J connectivity index is 1.43. The Bertz CT molecular complexity index is 816. The molecule has 1 aliphatic heterocycles. The maximum Gasteiger partial charge on any atom is 0.222 e. The van der Waals surface area contributed by atoms with Gasteiger partial charge in [-0.3, -0.25) is 4.79 Å². The molecule has 25 heavy (non-hydrogen) atoms. The van der Waals surface area contributed by atoms with Gasteiger partial charge in [0.2, 0.25) is 5.91 Å². The fourth-order valence-electron chi connectivity index (χ4n) is 3.56. The van der Waals surface area contributed by atoms with E-state index in [-0.39, 0.29) is 11.4 Å². The zero-order chi connectivity index (χ0) is 17.1. The summed E-state index contributed by atoms with van der Waals surface area (Å²) >= 11 is 1.97. The Morgan fingerprint density at radius 1 is 1.20 bits per heavy atom. The molecule has 1 amide bonds. The van der Waals surface area contributed by atoms with Crippen LogP contribution in [-0.4, -0.2) is 31.9 Å². The number of fused-ring (bicyclic) bond motifs is 1. The summed E-state index contributed by atoms with van der Waals surface area (Å²) in [6.45, 7) is 0.435. The number of carbonyl (C=O) groups is 1. The quantitative estimate of drug-likeness (QED) is 0.739. The zero-order valence-corrected chi connectivity index (χ0v) is 14.9. The van der Waals surface area contributed by atoms with Crippen LogP contribution in [0.25, 0.3) is 11.0 Å². The predicted molar refractivity (Wildman–Crippen MR) is 102 cm³/mol. The number of hydrogen-bond donors (Lipinski definition) is 2. The molecule has 1 saturated heterocycles. The fourth-order valence-corrected chi connectivity index (χ4v) is 4.81. The minimum atomic E-state index is -0.0906. The third kappa shape index (κ3) is 3.44. The maximum absolute atomic E-state index is 12.6. The second-order valence-electron chi connectivity index (χ2n) is 6.58. The van der Waals surface area contributed by atoms with Gasteiger partial charge in [0.25, 0.3) is 0 Å². The average molecular weight is 354 g/mol. The maximum atomic E-state index is 12.6. The van der Waals surface area contributed by atoms with Gasteiger partial charge >= 0.3 is 0 Å². The summed E-state index contributed by atoms with van der Waals surface area (Å²) in [6, 6.07) is 12.0. The summed E-state index contributed by atoms with van der Waals surface area (Å²) in [7, 11) is 0. The van der Waals surface area contributed by atoms with Crippen molar-refractivity contribution in [3.05, 3.63) is 54.6 Å². The molecule has 5 nitrogen and oxygen atoms in total. The standard InChI is InChI=1S/C19H22N4OS/c24-18(20-14-17-21-15-5-1-2-6-16(15)22-17)13-19(7-11-25-12-8-19)23-9-3-4-10-23/h1-6,9-10H,7-8,11-14H2,(H,20,24)(H,21,22). The lowest BCUT2D eigenvalue weighted by molar-refractivity contribution is -0.123. The van der Waals surface area contributed by atoms with Crippen molar-refractivity contribution in [2.24, 2.45) is 0 Å². The normalized spacial score (nSPS) is 16.8. The topological polar surface area (TPSA) is 62.7 Å². The summed E-state index contributed by atoms with van der Waals surface area (Å²) in [6.07, 6.45) is 6.75. The van der Waals surface area contributed by atoms with Crippen molar-refractivity contribution in [3.63, 3.8) is 0 Å². The molecular formula is C19H22N4OS. The van der Waals surface area contributed by atoms with E-state index >= 15 is 0 Å². The molecule has 0 radical (unpaired) electrons. The first kappa shape index (κ1) is 16.3. The van der Waals surface area contributed by atoms with Gasteiger partial charge in [0.1, 0.15) is 5.82 Å². The lowest BCUT2D eigenvalue weighted by atomic mass is 9.87. The van der Waals surface area contributed by atoms with Crippen LogP contribution in [0.15, 0.2) is 48.8 Å². The fraction of sp³-hybridized carbons (Fsp3) is 0.368. The van der Waals surface area contributed by atoms with Crippen molar-refractivity contribution in [2.45, 2.75) is 31.3 Å². The number of hydrogen-bond acceptors (Lipinski definition) is 3. The molecule has 4 rings (SSSR count). The van der Waals surface area contributed by atoms with Crippen molar-refractivity contribution in [1.29, 1.82) is 0 Å². The van der Waals surface area contributed by atoms with Crippen LogP contribution in [0, 0.1) is 0 Å². The molecule has 0 atom stereocenters. The van der Waals surface area contributed by atoms with E-state index in [1.807, 2.05) is 48.2 Å². The molecule has 0 saturated carbocycles. The second kappa shape index (κ2) is 6.96. The summed E-state index contributed by atoms with van der Waals surface area (Å²) in [5, 5.41) is 3.04. The van der Waals surface area contributed by atoms with E-state index in [2.05, 4.69) is 32.2 Å². The Morgan fingerprint density at radius 2 is 1.96 bits per heavy atom. The van der Waals surface area contributed by atoms with Crippen molar-refractivity contribution < 1.29 is 4.79 Å². The average Bonchev–Trinajstić information content (AvgIpc) is 3.30. The number of aromatic amines is 1. The SMILES string of the molecule is O=C(CC1(n2cccc2)CCSCC1)NCc1nc2ccccc2[nH]1. The molecule has 0 aliphatic carbocycles. The Morgan fingerprint density at radius 3 is 2.72 bits per heavy atom. The molecule has 3 aromatic rings. The van der Waals surface area contributed by atoms with Crippen molar-refractivity contribution in [1.82, 2.24) is 19.9 Å². The first-order chi connectivity index (χ1) is 12.3. The van der Waals surface area contributed by atoms with E-state index in [4.69, 9.17) is 0 Å². The summed E-state index contributed by atoms with van der Waals surface area (Å²) in [5.74, 6) is 3.09. The molecule has 1 aliphatic rings. The molecule has 0 spiro atoms. The van der Waals surface area contributed by atoms with Gasteiger partial charge < -0.3 is 14.9 Å². The van der Waals surface area contributed by atoms with E-state index in [1.165, 1.54) is 0 Å². The van der Waals surface area contributed by atoms with Gasteiger partial charge in [-0.25, -0.2) is 4.98 Å². The van der Waals surface area contributed by atoms with E-state index in [9.17, 15) is 4.79 Å². The molecule has 130 valence electrons. The number of rotatable bonds is 5. The van der Waals surface area contributed by atoms with Gasteiger partial charge in [-0.05, 0) is 48.6 Å². The van der Waals surface area contributed by atoms with Crippen LogP contribution in [0.3, 0.4) is 0 Å². The van der Waals surface area contributed by atoms with Crippen LogP contribution in [0.5, 0.6) is 0 Å². The molecule has 3 heterocycles. The number of carbonyl (C=O) groups excluding carboxylic acids is 1. The highest BCUT2D eigenvalue weighted by Crippen LogP contribution is 2.36. The number of aromatic nitrogens is 3. The number of nitrogens with one attached hydrogen (secondary N) is 2. The van der Waals surface area contributed by atoms with Crippen LogP contribution < -0.4 is 5.32 Å². The largest absolute Gasteiger partial charge is 0.349 e. The first-order valence-electron chi connectivity index (χ1n) is 8.67. The third-order valence-corrected chi connectivity index (χ3v) is 5.94. The predicted octanol–water partition coefficient (Wildman–Crippen LogP) is 3.29. The van der Waals surface area contributed by atoms with Crippen molar-refractivity contribution >= 4 is 28.7 Å². The number of para-hydroxylation sites is 2. The molecule has 1 fully saturated rings. The first-order valence-corrected chi connectivity index (χ1v) is 9.82. The highest BCUT2D eigenvalue weighted by atomic mass is 32.2. The molecule has 6 heteroatoms. The molecular weight excluding hydrogens is 332 g/mol. The Kier molecular flexibility index (Phi) is 4.53. The highest BCUT2D eigenvalue weighted by Gasteiger charge is 2.35. The molecule has 0 unspecified atom stereocenters. The van der Waals surface area contributed by atoms with E-state index in [1.54, 1.807) is 0 Å². The van der Waals surface area contributed by atoms with Crippen molar-refractivity contribution in [3.8, 4) is 0 Å². The number of H-pyrrole nitrogens is 1. The van der Waals surface area contributed by atoms with Gasteiger partial charge in [-0.15, -0.1) is 0 Å². The lowest BCUT2D eigenvalue weighted by Gasteiger charge is -2.38. The minimum absolute atomic E-state index is 0.0843. The Labute approximate surface area is 151 Å². The monoisotopic (exact) mass is 354 g/mol. The van der Waals surface area contributed by atoms with Gasteiger partial charge in [0.05, 0.1) is 29.5 Å². The van der Waals surface area contributed by atoms with Gasteiger partial charge in [0, 0.05) is 12.4 Å². The van der Waals surface area contributed by atoms with Crippen LogP contribution >= 0.6 is 11.8 Å². The number of benzene rings is 1. The number of thioether (sulfide) groups is 1. The van der Waals surface area contributed by atoms with Crippen LogP contribution in [0.4, 0.5) is 0 Å². The minimum Gasteiger partial charge on any atom is -0.349 e. The number of imidazole rings is 1. The van der Waals surface area contributed by atoms with Gasteiger partial charge in [-0.2, -0.15) is 11.8 Å². The summed E-state index contributed by atoms with van der Waals surface area (Å²) in [5.41, 5.74) is 1.84. The third-order valence-electron chi connectivity index (χ3n) is 4.96. The smallest absolute Gasteiger partial charge is 0.222 e. The van der Waals surface area contributed by atoms with Crippen LogP contribution in [0.1, 0.15) is 25.1 Å². The number of nitrogens with zero attached hydrogens (tertiary/aromatic N) is 2. The van der Waals surface area contributed by atoms with E-state index < -0.39 is 0 Å². The lowest BCUT2D eigenvalue weighted by Crippen LogP contribution is -2.41. The van der Waals surface area contributed by atoms with Gasteiger partial charge in [-0.1, -0.05) is 12.1 Å². The zero-order valence-electron chi connectivity index (χ0n) is 14.1. The van der Waals surface area contributed by atoms with Crippen molar-refractivity contribution in [2.75, 3.05) is 11.5 Å². The van der Waals surface area contributed by atoms with Gasteiger partial charge in [0.15, 0.2) is 0 Å².